The second kappa shape index (κ2) is 10.7. The van der Waals surface area contributed by atoms with E-state index in [1.54, 1.807) is 30.3 Å². The fourth-order valence-corrected chi connectivity index (χ4v) is 5.00. The van der Waals surface area contributed by atoms with Crippen molar-refractivity contribution in [2.75, 3.05) is 6.61 Å². The molecule has 0 unspecified atom stereocenters. The van der Waals surface area contributed by atoms with Crippen molar-refractivity contribution in [3.63, 3.8) is 0 Å². The molecule has 0 radical (unpaired) electrons. The molecule has 196 valence electrons. The monoisotopic (exact) mass is 535 g/mol. The predicted octanol–water partition coefficient (Wildman–Crippen LogP) is 5.98. The van der Waals surface area contributed by atoms with Crippen molar-refractivity contribution in [2.24, 2.45) is 0 Å². The first-order valence-electron chi connectivity index (χ1n) is 11.8. The number of hydrogen-bond donors (Lipinski definition) is 3. The third kappa shape index (κ3) is 6.05. The fourth-order valence-electron chi connectivity index (χ4n) is 4.89. The van der Waals surface area contributed by atoms with E-state index in [1.807, 2.05) is 0 Å². The van der Waals surface area contributed by atoms with Gasteiger partial charge < -0.3 is 15.7 Å². The van der Waals surface area contributed by atoms with Crippen molar-refractivity contribution >= 4 is 17.6 Å². The maximum Gasteiger partial charge on any atom is 0.416 e. The summed E-state index contributed by atoms with van der Waals surface area (Å²) in [5, 5.41) is 15.9. The fraction of sp³-hybridized carbons (Fsp3) is 0.333. The number of alkyl halides is 3. The summed E-state index contributed by atoms with van der Waals surface area (Å²) >= 11 is 6.04. The quantitative estimate of drug-likeness (QED) is 0.326. The van der Waals surface area contributed by atoms with E-state index in [0.717, 1.165) is 25.0 Å². The maximum atomic E-state index is 14.7. The molecular formula is C27H26ClF4N3O2. The van der Waals surface area contributed by atoms with Crippen LogP contribution in [-0.2, 0) is 18.1 Å². The summed E-state index contributed by atoms with van der Waals surface area (Å²) in [6, 6.07) is 13.2. The number of nitrogens with one attached hydrogen (secondary N) is 2. The molecule has 0 bridgehead atoms. The van der Waals surface area contributed by atoms with E-state index in [1.165, 1.54) is 18.3 Å². The molecule has 10 heteroatoms. The molecule has 37 heavy (non-hydrogen) atoms. The zero-order chi connectivity index (χ0) is 26.7. The van der Waals surface area contributed by atoms with Crippen LogP contribution >= 0.6 is 11.6 Å². The Balaban J connectivity index is 1.90. The minimum Gasteiger partial charge on any atom is -0.394 e. The van der Waals surface area contributed by atoms with Gasteiger partial charge in [0.15, 0.2) is 0 Å². The summed E-state index contributed by atoms with van der Waals surface area (Å²) < 4.78 is 55.8. The lowest BCUT2D eigenvalue weighted by Crippen LogP contribution is -2.58. The topological polar surface area (TPSA) is 74.2 Å². The zero-order valence-electron chi connectivity index (χ0n) is 19.8. The van der Waals surface area contributed by atoms with Gasteiger partial charge in [-0.05, 0) is 54.3 Å². The lowest BCUT2D eigenvalue weighted by molar-refractivity contribution is -0.137. The molecular weight excluding hydrogens is 510 g/mol. The number of nitrogens with zero attached hydrogens (tertiary/aromatic N) is 1. The van der Waals surface area contributed by atoms with E-state index in [4.69, 9.17) is 11.6 Å². The predicted molar refractivity (Wildman–Crippen MR) is 132 cm³/mol. The average Bonchev–Trinajstić information content (AvgIpc) is 3.32. The summed E-state index contributed by atoms with van der Waals surface area (Å²) in [5.41, 5.74) is -3.08. The Hall–Kier alpha value is -3.17. The number of benzene rings is 2. The first kappa shape index (κ1) is 26.9. The molecule has 0 spiro atoms. The summed E-state index contributed by atoms with van der Waals surface area (Å²) in [4.78, 5) is 17.8. The number of aliphatic hydroxyl groups excluding tert-OH is 1. The molecule has 1 saturated carbocycles. The van der Waals surface area contributed by atoms with Crippen molar-refractivity contribution in [3.05, 3.63) is 100 Å². The van der Waals surface area contributed by atoms with Gasteiger partial charge in [-0.25, -0.2) is 9.18 Å². The van der Waals surface area contributed by atoms with Crippen molar-refractivity contribution in [3.8, 4) is 0 Å². The molecule has 1 aliphatic carbocycles. The highest BCUT2D eigenvalue weighted by atomic mass is 35.5. The van der Waals surface area contributed by atoms with Gasteiger partial charge in [0.05, 0.1) is 28.4 Å². The number of rotatable bonds is 7. The van der Waals surface area contributed by atoms with Gasteiger partial charge >= 0.3 is 12.2 Å². The van der Waals surface area contributed by atoms with Gasteiger partial charge in [-0.1, -0.05) is 54.8 Å². The van der Waals surface area contributed by atoms with Gasteiger partial charge in [0.25, 0.3) is 0 Å². The van der Waals surface area contributed by atoms with Crippen molar-refractivity contribution in [1.29, 1.82) is 0 Å². The molecule has 1 heterocycles. The first-order chi connectivity index (χ1) is 17.6. The largest absolute Gasteiger partial charge is 0.416 e. The van der Waals surface area contributed by atoms with Crippen LogP contribution < -0.4 is 10.6 Å². The molecule has 1 aliphatic rings. The van der Waals surface area contributed by atoms with Crippen molar-refractivity contribution in [2.45, 2.75) is 49.4 Å². The Morgan fingerprint density at radius 2 is 1.70 bits per heavy atom. The normalized spacial score (nSPS) is 16.7. The van der Waals surface area contributed by atoms with E-state index in [-0.39, 0.29) is 29.3 Å². The van der Waals surface area contributed by atoms with Crippen LogP contribution in [-0.4, -0.2) is 28.3 Å². The van der Waals surface area contributed by atoms with Gasteiger partial charge in [-0.2, -0.15) is 13.2 Å². The van der Waals surface area contributed by atoms with Gasteiger partial charge in [0.2, 0.25) is 0 Å². The Morgan fingerprint density at radius 3 is 2.30 bits per heavy atom. The number of carbonyl (C=O) groups is 1. The molecule has 3 N–H and O–H groups in total. The Bertz CT molecular complexity index is 1230. The molecule has 1 atom stereocenters. The van der Waals surface area contributed by atoms with Crippen LogP contribution in [0.15, 0.2) is 66.9 Å². The zero-order valence-corrected chi connectivity index (χ0v) is 20.5. The van der Waals surface area contributed by atoms with E-state index >= 15 is 0 Å². The minimum atomic E-state index is -4.82. The maximum absolute atomic E-state index is 14.7. The van der Waals surface area contributed by atoms with Crippen molar-refractivity contribution < 1.29 is 27.5 Å². The summed E-state index contributed by atoms with van der Waals surface area (Å²) in [5.74, 6) is -1.11. The van der Waals surface area contributed by atoms with Crippen LogP contribution in [0.2, 0.25) is 5.02 Å². The number of aliphatic hydroxyl groups is 1. The molecule has 0 saturated heterocycles. The Kier molecular flexibility index (Phi) is 7.75. The number of carbonyl (C=O) groups excluding carboxylic acids is 1. The van der Waals surface area contributed by atoms with Crippen LogP contribution in [0.25, 0.3) is 0 Å². The van der Waals surface area contributed by atoms with E-state index in [9.17, 15) is 27.5 Å². The SMILES string of the molecule is O=C(NC1(CO)CCCC1)N[C@](Cc1ccccc1)(c1cc(F)cc(C(F)(F)F)c1)c1ccc(Cl)cn1. The average molecular weight is 536 g/mol. The highest BCUT2D eigenvalue weighted by Gasteiger charge is 2.43. The van der Waals surface area contributed by atoms with Gasteiger partial charge in [0, 0.05) is 12.6 Å². The smallest absolute Gasteiger partial charge is 0.394 e. The molecule has 1 fully saturated rings. The molecule has 0 aliphatic heterocycles. The molecule has 5 nitrogen and oxygen atoms in total. The molecule has 1 aromatic heterocycles. The number of halogens is 5. The third-order valence-corrected chi connectivity index (χ3v) is 6.99. The van der Waals surface area contributed by atoms with Crippen LogP contribution in [0.1, 0.15) is 48.1 Å². The second-order valence-corrected chi connectivity index (χ2v) is 9.82. The van der Waals surface area contributed by atoms with E-state index in [0.29, 0.717) is 24.5 Å². The standard InChI is InChI=1S/C27H26ClF4N3O2/c28-21-8-9-23(33-16-21)26(15-18-6-2-1-3-7-18,19-12-20(27(30,31)32)14-22(29)13-19)35-24(37)34-25(17-36)10-4-5-11-25/h1-3,6-9,12-14,16,36H,4-5,10-11,15,17H2,(H2,34,35,37)/t26-/m1/s1. The van der Waals surface area contributed by atoms with Crippen LogP contribution in [0.4, 0.5) is 22.4 Å². The van der Waals surface area contributed by atoms with Crippen LogP contribution in [0, 0.1) is 5.82 Å². The Labute approximate surface area is 216 Å². The summed E-state index contributed by atoms with van der Waals surface area (Å²) in [6.07, 6.45) is -0.813. The van der Waals surface area contributed by atoms with Crippen LogP contribution in [0.3, 0.4) is 0 Å². The summed E-state index contributed by atoms with van der Waals surface area (Å²) in [7, 11) is 0. The highest BCUT2D eigenvalue weighted by molar-refractivity contribution is 6.30. The number of hydrogen-bond acceptors (Lipinski definition) is 3. The highest BCUT2D eigenvalue weighted by Crippen LogP contribution is 2.38. The summed E-state index contributed by atoms with van der Waals surface area (Å²) in [6.45, 7) is -0.288. The third-order valence-electron chi connectivity index (χ3n) is 6.76. The Morgan fingerprint density at radius 1 is 1.03 bits per heavy atom. The van der Waals surface area contributed by atoms with E-state index in [2.05, 4.69) is 15.6 Å². The van der Waals surface area contributed by atoms with E-state index < -0.39 is 34.7 Å². The number of urea groups is 1. The van der Waals surface area contributed by atoms with Crippen molar-refractivity contribution in [1.82, 2.24) is 15.6 Å². The molecule has 2 amide bonds. The second-order valence-electron chi connectivity index (χ2n) is 9.38. The number of pyridine rings is 1. The lowest BCUT2D eigenvalue weighted by Gasteiger charge is -2.37. The number of amides is 2. The minimum absolute atomic E-state index is 0.0389. The van der Waals surface area contributed by atoms with Gasteiger partial charge in [-0.15, -0.1) is 0 Å². The first-order valence-corrected chi connectivity index (χ1v) is 12.2. The number of aromatic nitrogens is 1. The molecule has 2 aromatic carbocycles. The van der Waals surface area contributed by atoms with Gasteiger partial charge in [-0.3, -0.25) is 4.98 Å². The van der Waals surface area contributed by atoms with Gasteiger partial charge in [0.1, 0.15) is 11.4 Å². The molecule has 4 rings (SSSR count). The van der Waals surface area contributed by atoms with Crippen LogP contribution in [0.5, 0.6) is 0 Å². The lowest BCUT2D eigenvalue weighted by atomic mass is 9.79. The molecule has 3 aromatic rings.